The Kier molecular flexibility index (Phi) is 4.82. The van der Waals surface area contributed by atoms with Crippen LogP contribution in [0.25, 0.3) is 0 Å². The van der Waals surface area contributed by atoms with Crippen molar-refractivity contribution in [3.63, 3.8) is 0 Å². The first-order valence-corrected chi connectivity index (χ1v) is 8.73. The SMILES string of the molecule is COc1cc(B2OC(C)(C)C(C)(C)O2)ccc1OC1CCNCC1. The van der Waals surface area contributed by atoms with E-state index in [-0.39, 0.29) is 17.3 Å². The van der Waals surface area contributed by atoms with Crippen LogP contribution in [-0.4, -0.2) is 44.6 Å². The van der Waals surface area contributed by atoms with Gasteiger partial charge in [-0.1, -0.05) is 6.07 Å². The summed E-state index contributed by atoms with van der Waals surface area (Å²) in [6, 6.07) is 5.92. The minimum atomic E-state index is -0.392. The van der Waals surface area contributed by atoms with Crippen molar-refractivity contribution >= 4 is 12.6 Å². The zero-order valence-electron chi connectivity index (χ0n) is 15.3. The van der Waals surface area contributed by atoms with E-state index in [9.17, 15) is 0 Å². The summed E-state index contributed by atoms with van der Waals surface area (Å²) in [5, 5.41) is 3.35. The molecule has 24 heavy (non-hydrogen) atoms. The molecule has 2 aliphatic rings. The van der Waals surface area contributed by atoms with Gasteiger partial charge >= 0.3 is 7.12 Å². The first-order valence-electron chi connectivity index (χ1n) is 8.73. The Labute approximate surface area is 145 Å². The van der Waals surface area contributed by atoms with Gasteiger partial charge in [0.1, 0.15) is 6.10 Å². The number of nitrogens with one attached hydrogen (secondary N) is 1. The van der Waals surface area contributed by atoms with E-state index >= 15 is 0 Å². The highest BCUT2D eigenvalue weighted by atomic mass is 16.7. The van der Waals surface area contributed by atoms with Gasteiger partial charge in [-0.25, -0.2) is 0 Å². The van der Waals surface area contributed by atoms with Crippen molar-refractivity contribution in [2.75, 3.05) is 20.2 Å². The van der Waals surface area contributed by atoms with E-state index in [2.05, 4.69) is 33.0 Å². The Balaban J connectivity index is 1.77. The van der Waals surface area contributed by atoms with Gasteiger partial charge in [0.2, 0.25) is 0 Å². The van der Waals surface area contributed by atoms with Gasteiger partial charge in [0.25, 0.3) is 0 Å². The molecule has 0 spiro atoms. The molecular weight excluding hydrogens is 305 g/mol. The lowest BCUT2D eigenvalue weighted by atomic mass is 9.79. The molecule has 1 aromatic carbocycles. The van der Waals surface area contributed by atoms with Crippen molar-refractivity contribution in [2.24, 2.45) is 0 Å². The monoisotopic (exact) mass is 333 g/mol. The first-order chi connectivity index (χ1) is 11.3. The van der Waals surface area contributed by atoms with Crippen molar-refractivity contribution in [3.05, 3.63) is 18.2 Å². The maximum Gasteiger partial charge on any atom is 0.494 e. The second kappa shape index (κ2) is 6.58. The van der Waals surface area contributed by atoms with Crippen LogP contribution in [-0.2, 0) is 9.31 Å². The third-order valence-electron chi connectivity index (χ3n) is 5.29. The lowest BCUT2D eigenvalue weighted by Gasteiger charge is -2.32. The Morgan fingerprint density at radius 1 is 1.04 bits per heavy atom. The second-order valence-corrected chi connectivity index (χ2v) is 7.57. The first kappa shape index (κ1) is 17.6. The van der Waals surface area contributed by atoms with E-state index < -0.39 is 7.12 Å². The Morgan fingerprint density at radius 2 is 1.67 bits per heavy atom. The molecule has 0 saturated carbocycles. The maximum atomic E-state index is 6.13. The maximum absolute atomic E-state index is 6.13. The molecule has 1 aromatic rings. The predicted octanol–water partition coefficient (Wildman–Crippen LogP) is 2.13. The smallest absolute Gasteiger partial charge is 0.493 e. The summed E-state index contributed by atoms with van der Waals surface area (Å²) in [4.78, 5) is 0. The summed E-state index contributed by atoms with van der Waals surface area (Å²) in [6.45, 7) is 10.2. The molecule has 0 aromatic heterocycles. The van der Waals surface area contributed by atoms with E-state index in [4.69, 9.17) is 18.8 Å². The van der Waals surface area contributed by atoms with Crippen LogP contribution in [0.5, 0.6) is 11.5 Å². The fourth-order valence-corrected chi connectivity index (χ4v) is 3.00. The van der Waals surface area contributed by atoms with Crippen molar-refractivity contribution < 1.29 is 18.8 Å². The average molecular weight is 333 g/mol. The highest BCUT2D eigenvalue weighted by molar-refractivity contribution is 6.62. The van der Waals surface area contributed by atoms with Gasteiger partial charge in [-0.15, -0.1) is 0 Å². The highest BCUT2D eigenvalue weighted by Crippen LogP contribution is 2.37. The largest absolute Gasteiger partial charge is 0.494 e. The van der Waals surface area contributed by atoms with Gasteiger partial charge in [-0.05, 0) is 71.2 Å². The molecule has 0 bridgehead atoms. The van der Waals surface area contributed by atoms with Gasteiger partial charge in [-0.3, -0.25) is 0 Å². The number of benzene rings is 1. The molecule has 1 N–H and O–H groups in total. The summed E-state index contributed by atoms with van der Waals surface area (Å²) in [5.41, 5.74) is 0.243. The third-order valence-corrected chi connectivity index (χ3v) is 5.29. The number of ether oxygens (including phenoxy) is 2. The predicted molar refractivity (Wildman–Crippen MR) is 95.2 cm³/mol. The van der Waals surface area contributed by atoms with E-state index in [1.807, 2.05) is 18.2 Å². The highest BCUT2D eigenvalue weighted by Gasteiger charge is 2.51. The van der Waals surface area contributed by atoms with Crippen LogP contribution in [0.2, 0.25) is 0 Å². The zero-order chi connectivity index (χ0) is 17.4. The third kappa shape index (κ3) is 3.41. The summed E-state index contributed by atoms with van der Waals surface area (Å²) in [5.74, 6) is 1.51. The number of hydrogen-bond acceptors (Lipinski definition) is 5. The van der Waals surface area contributed by atoms with Crippen LogP contribution in [0.3, 0.4) is 0 Å². The lowest BCUT2D eigenvalue weighted by Crippen LogP contribution is -2.41. The molecular formula is C18H28BNO4. The normalized spacial score (nSPS) is 23.3. The van der Waals surface area contributed by atoms with Crippen LogP contribution < -0.4 is 20.3 Å². The summed E-state index contributed by atoms with van der Waals surface area (Å²) in [6.07, 6.45) is 2.27. The summed E-state index contributed by atoms with van der Waals surface area (Å²) < 4.78 is 23.9. The standard InChI is InChI=1S/C18H28BNO4/c1-17(2)18(3,4)24-19(23-17)13-6-7-15(16(12-13)21-5)22-14-8-10-20-11-9-14/h6-7,12,14,20H,8-11H2,1-5H3. The van der Waals surface area contributed by atoms with Crippen LogP contribution >= 0.6 is 0 Å². The molecule has 132 valence electrons. The van der Waals surface area contributed by atoms with Crippen LogP contribution in [0.1, 0.15) is 40.5 Å². The molecule has 0 atom stereocenters. The number of hydrogen-bond donors (Lipinski definition) is 1. The molecule has 0 aliphatic carbocycles. The Morgan fingerprint density at radius 3 is 2.25 bits per heavy atom. The molecule has 0 amide bonds. The zero-order valence-corrected chi connectivity index (χ0v) is 15.3. The molecule has 0 unspecified atom stereocenters. The molecule has 2 heterocycles. The minimum absolute atomic E-state index is 0.239. The number of rotatable bonds is 4. The van der Waals surface area contributed by atoms with E-state index in [1.54, 1.807) is 7.11 Å². The summed E-state index contributed by atoms with van der Waals surface area (Å²) >= 11 is 0. The van der Waals surface area contributed by atoms with Gasteiger partial charge in [-0.2, -0.15) is 0 Å². The van der Waals surface area contributed by atoms with Crippen molar-refractivity contribution in [3.8, 4) is 11.5 Å². The van der Waals surface area contributed by atoms with Crippen molar-refractivity contribution in [1.82, 2.24) is 5.32 Å². The molecule has 3 rings (SSSR count). The lowest BCUT2D eigenvalue weighted by molar-refractivity contribution is 0.00578. The van der Waals surface area contributed by atoms with Gasteiger partial charge in [0.15, 0.2) is 11.5 Å². The number of piperidine rings is 1. The van der Waals surface area contributed by atoms with Crippen LogP contribution in [0.4, 0.5) is 0 Å². The van der Waals surface area contributed by atoms with Gasteiger partial charge < -0.3 is 24.1 Å². The fourth-order valence-electron chi connectivity index (χ4n) is 3.00. The molecule has 2 aliphatic heterocycles. The number of methoxy groups -OCH3 is 1. The quantitative estimate of drug-likeness (QED) is 0.856. The molecule has 2 saturated heterocycles. The Bertz CT molecular complexity index is 568. The van der Waals surface area contributed by atoms with Crippen LogP contribution in [0.15, 0.2) is 18.2 Å². The van der Waals surface area contributed by atoms with Crippen LogP contribution in [0, 0.1) is 0 Å². The molecule has 2 fully saturated rings. The molecule has 0 radical (unpaired) electrons. The average Bonchev–Trinajstić information content (AvgIpc) is 2.77. The van der Waals surface area contributed by atoms with Gasteiger partial charge in [0, 0.05) is 0 Å². The van der Waals surface area contributed by atoms with E-state index in [0.717, 1.165) is 42.9 Å². The molecule has 5 nitrogen and oxygen atoms in total. The minimum Gasteiger partial charge on any atom is -0.493 e. The van der Waals surface area contributed by atoms with E-state index in [1.165, 1.54) is 0 Å². The van der Waals surface area contributed by atoms with Crippen molar-refractivity contribution in [1.29, 1.82) is 0 Å². The summed E-state index contributed by atoms with van der Waals surface area (Å²) in [7, 11) is 1.27. The van der Waals surface area contributed by atoms with Gasteiger partial charge in [0.05, 0.1) is 18.3 Å². The Hall–Kier alpha value is -1.24. The second-order valence-electron chi connectivity index (χ2n) is 7.57. The fraction of sp³-hybridized carbons (Fsp3) is 0.667. The van der Waals surface area contributed by atoms with E-state index in [0.29, 0.717) is 0 Å². The van der Waals surface area contributed by atoms with Crippen molar-refractivity contribution in [2.45, 2.75) is 57.8 Å². The topological polar surface area (TPSA) is 49.0 Å². The molecule has 6 heteroatoms.